The van der Waals surface area contributed by atoms with Crippen molar-refractivity contribution in [3.63, 3.8) is 0 Å². The molecule has 6 heteroatoms. The Kier molecular flexibility index (Phi) is 3.38. The van der Waals surface area contributed by atoms with Crippen molar-refractivity contribution in [1.82, 2.24) is 15.0 Å². The number of aliphatic hydroxyl groups is 1. The first kappa shape index (κ1) is 12.6. The zero-order chi connectivity index (χ0) is 13.3. The third-order valence-electron chi connectivity index (χ3n) is 2.71. The number of aliphatic hydroxyl groups excluding tert-OH is 1. The van der Waals surface area contributed by atoms with Gasteiger partial charge in [-0.1, -0.05) is 11.3 Å². The fourth-order valence-electron chi connectivity index (χ4n) is 1.77. The molecule has 1 aromatic carbocycles. The third-order valence-corrected chi connectivity index (χ3v) is 2.71. The lowest BCUT2D eigenvalue weighted by molar-refractivity contribution is 0.167. The molecule has 1 atom stereocenters. The highest BCUT2D eigenvalue weighted by molar-refractivity contribution is 5.29. The smallest absolute Gasteiger partial charge is 0.134 e. The largest absolute Gasteiger partial charge is 0.388 e. The van der Waals surface area contributed by atoms with Gasteiger partial charge in [0, 0.05) is 19.7 Å². The first-order chi connectivity index (χ1) is 8.49. The third kappa shape index (κ3) is 2.38. The van der Waals surface area contributed by atoms with E-state index in [1.807, 2.05) is 0 Å². The van der Waals surface area contributed by atoms with Crippen LogP contribution >= 0.6 is 0 Å². The Morgan fingerprint density at radius 2 is 2.11 bits per heavy atom. The molecule has 1 aromatic heterocycles. The van der Waals surface area contributed by atoms with Crippen molar-refractivity contribution in [3.05, 3.63) is 46.8 Å². The van der Waals surface area contributed by atoms with Crippen molar-refractivity contribution in [3.8, 4) is 0 Å². The van der Waals surface area contributed by atoms with E-state index in [0.717, 1.165) is 6.07 Å². The molecule has 0 radical (unpaired) electrons. The first-order valence-corrected chi connectivity index (χ1v) is 5.47. The van der Waals surface area contributed by atoms with Crippen LogP contribution in [0.2, 0.25) is 0 Å². The number of benzene rings is 1. The minimum absolute atomic E-state index is 0.0190. The first-order valence-electron chi connectivity index (χ1n) is 5.47. The summed E-state index contributed by atoms with van der Waals surface area (Å²) in [5.41, 5.74) is 0.454. The van der Waals surface area contributed by atoms with Crippen LogP contribution < -0.4 is 0 Å². The predicted molar refractivity (Wildman–Crippen MR) is 60.8 cm³/mol. The molecule has 0 spiro atoms. The Morgan fingerprint density at radius 1 is 1.39 bits per heavy atom. The van der Waals surface area contributed by atoms with Crippen molar-refractivity contribution in [2.75, 3.05) is 0 Å². The van der Waals surface area contributed by atoms with Gasteiger partial charge in [0.25, 0.3) is 0 Å². The van der Waals surface area contributed by atoms with E-state index in [4.69, 9.17) is 0 Å². The molecule has 0 amide bonds. The molecule has 0 bridgehead atoms. The van der Waals surface area contributed by atoms with Crippen LogP contribution in [-0.2, 0) is 13.5 Å². The van der Waals surface area contributed by atoms with E-state index >= 15 is 0 Å². The van der Waals surface area contributed by atoms with Crippen LogP contribution in [0.15, 0.2) is 18.3 Å². The van der Waals surface area contributed by atoms with E-state index in [-0.39, 0.29) is 12.0 Å². The second-order valence-electron chi connectivity index (χ2n) is 4.20. The van der Waals surface area contributed by atoms with E-state index in [0.29, 0.717) is 11.3 Å². The molecule has 0 aliphatic heterocycles. The zero-order valence-electron chi connectivity index (χ0n) is 10.1. The van der Waals surface area contributed by atoms with Crippen LogP contribution in [0.25, 0.3) is 0 Å². The van der Waals surface area contributed by atoms with Gasteiger partial charge in [-0.05, 0) is 18.6 Å². The second-order valence-corrected chi connectivity index (χ2v) is 4.20. The van der Waals surface area contributed by atoms with Crippen molar-refractivity contribution in [2.24, 2.45) is 7.05 Å². The van der Waals surface area contributed by atoms with Gasteiger partial charge in [0.1, 0.15) is 11.6 Å². The highest BCUT2D eigenvalue weighted by atomic mass is 19.1. The Balaban J connectivity index is 2.28. The van der Waals surface area contributed by atoms with Crippen LogP contribution in [0.4, 0.5) is 8.78 Å². The fraction of sp³-hybridized carbons (Fsp3) is 0.333. The van der Waals surface area contributed by atoms with Gasteiger partial charge in [-0.2, -0.15) is 0 Å². The average molecular weight is 253 g/mol. The van der Waals surface area contributed by atoms with Gasteiger partial charge >= 0.3 is 0 Å². The van der Waals surface area contributed by atoms with E-state index in [1.165, 1.54) is 17.7 Å². The maximum atomic E-state index is 13.8. The molecule has 0 aliphatic rings. The highest BCUT2D eigenvalue weighted by Gasteiger charge is 2.20. The van der Waals surface area contributed by atoms with Crippen molar-refractivity contribution in [1.29, 1.82) is 0 Å². The van der Waals surface area contributed by atoms with Crippen LogP contribution in [-0.4, -0.2) is 20.1 Å². The number of halogens is 2. The summed E-state index contributed by atoms with van der Waals surface area (Å²) >= 11 is 0. The maximum Gasteiger partial charge on any atom is 0.134 e. The average Bonchev–Trinajstić information content (AvgIpc) is 2.70. The summed E-state index contributed by atoms with van der Waals surface area (Å²) in [6, 6.07) is 2.48. The van der Waals surface area contributed by atoms with Gasteiger partial charge in [0.05, 0.1) is 17.4 Å². The molecule has 0 fully saturated rings. The lowest BCUT2D eigenvalue weighted by Gasteiger charge is -2.12. The summed E-state index contributed by atoms with van der Waals surface area (Å²) in [5.74, 6) is -1.47. The Labute approximate surface area is 103 Å². The quantitative estimate of drug-likeness (QED) is 0.905. The van der Waals surface area contributed by atoms with Gasteiger partial charge in [-0.3, -0.25) is 4.68 Å². The van der Waals surface area contributed by atoms with Gasteiger partial charge in [0.15, 0.2) is 0 Å². The number of rotatable bonds is 3. The molecule has 18 heavy (non-hydrogen) atoms. The summed E-state index contributed by atoms with van der Waals surface area (Å²) in [4.78, 5) is 0. The van der Waals surface area contributed by atoms with E-state index < -0.39 is 17.7 Å². The van der Waals surface area contributed by atoms with Crippen molar-refractivity contribution in [2.45, 2.75) is 19.4 Å². The van der Waals surface area contributed by atoms with Crippen molar-refractivity contribution < 1.29 is 13.9 Å². The number of nitrogens with zero attached hydrogens (tertiary/aromatic N) is 3. The lowest BCUT2D eigenvalue weighted by atomic mass is 10.0. The normalized spacial score (nSPS) is 12.7. The van der Waals surface area contributed by atoms with E-state index in [2.05, 4.69) is 10.3 Å². The Morgan fingerprint density at radius 3 is 2.72 bits per heavy atom. The molecular formula is C12H13F2N3O. The minimum atomic E-state index is -1.28. The van der Waals surface area contributed by atoms with Crippen LogP contribution in [0.3, 0.4) is 0 Å². The van der Waals surface area contributed by atoms with E-state index in [1.54, 1.807) is 13.2 Å². The predicted octanol–water partition coefficient (Wildman–Crippen LogP) is 1.68. The molecule has 0 aliphatic carbocycles. The fourth-order valence-corrected chi connectivity index (χ4v) is 1.77. The molecule has 4 nitrogen and oxygen atoms in total. The van der Waals surface area contributed by atoms with Gasteiger partial charge < -0.3 is 5.11 Å². The van der Waals surface area contributed by atoms with Gasteiger partial charge in [-0.15, -0.1) is 5.10 Å². The molecule has 96 valence electrons. The van der Waals surface area contributed by atoms with Gasteiger partial charge in [0.2, 0.25) is 0 Å². The SMILES string of the molecule is Cc1ccc(F)c(C(O)Cc2cn(C)nn2)c1F. The number of aryl methyl sites for hydroxylation is 2. The summed E-state index contributed by atoms with van der Waals surface area (Å²) in [7, 11) is 1.68. The standard InChI is InChI=1S/C12H13F2N3O/c1-7-3-4-9(13)11(12(7)14)10(18)5-8-6-17(2)16-15-8/h3-4,6,10,18H,5H2,1-2H3. The minimum Gasteiger partial charge on any atom is -0.388 e. The summed E-state index contributed by atoms with van der Waals surface area (Å²) < 4.78 is 28.8. The molecule has 1 unspecified atom stereocenters. The number of hydrogen-bond acceptors (Lipinski definition) is 3. The number of hydrogen-bond donors (Lipinski definition) is 1. The molecule has 2 aromatic rings. The van der Waals surface area contributed by atoms with Crippen LogP contribution in [0.1, 0.15) is 22.9 Å². The van der Waals surface area contributed by atoms with Crippen molar-refractivity contribution >= 4 is 0 Å². The Hall–Kier alpha value is -1.82. The topological polar surface area (TPSA) is 50.9 Å². The molecule has 2 rings (SSSR count). The van der Waals surface area contributed by atoms with E-state index in [9.17, 15) is 13.9 Å². The molecule has 1 heterocycles. The highest BCUT2D eigenvalue weighted by Crippen LogP contribution is 2.25. The molecule has 1 N–H and O–H groups in total. The Bertz CT molecular complexity index is 568. The molecule has 0 saturated heterocycles. The summed E-state index contributed by atoms with van der Waals surface area (Å²) in [5, 5.41) is 17.4. The molecule has 0 saturated carbocycles. The molecular weight excluding hydrogens is 240 g/mol. The zero-order valence-corrected chi connectivity index (χ0v) is 10.1. The van der Waals surface area contributed by atoms with Crippen LogP contribution in [0.5, 0.6) is 0 Å². The van der Waals surface area contributed by atoms with Crippen LogP contribution in [0, 0.1) is 18.6 Å². The van der Waals surface area contributed by atoms with Gasteiger partial charge in [-0.25, -0.2) is 8.78 Å². The number of aromatic nitrogens is 3. The summed E-state index contributed by atoms with van der Waals surface area (Å²) in [6.07, 6.45) is 0.335. The maximum absolute atomic E-state index is 13.8. The second kappa shape index (κ2) is 4.81. The lowest BCUT2D eigenvalue weighted by Crippen LogP contribution is -2.08. The monoisotopic (exact) mass is 253 g/mol. The summed E-state index contributed by atoms with van der Waals surface area (Å²) in [6.45, 7) is 1.52.